The number of aryl methyl sites for hydroxylation is 3. The van der Waals surface area contributed by atoms with Crippen LogP contribution in [0.5, 0.6) is 0 Å². The van der Waals surface area contributed by atoms with Gasteiger partial charge in [0.2, 0.25) is 11.9 Å². The fourth-order valence-corrected chi connectivity index (χ4v) is 4.19. The van der Waals surface area contributed by atoms with E-state index in [1.54, 1.807) is 6.20 Å². The van der Waals surface area contributed by atoms with Gasteiger partial charge in [-0.05, 0) is 32.4 Å². The lowest BCUT2D eigenvalue weighted by atomic mass is 10.1. The number of carbonyl (C=O) groups excluding carboxylic acids is 1. The molecule has 1 amide bonds. The van der Waals surface area contributed by atoms with Gasteiger partial charge in [0.15, 0.2) is 11.4 Å². The molecule has 1 aliphatic heterocycles. The Labute approximate surface area is 173 Å². The zero-order valence-corrected chi connectivity index (χ0v) is 17.4. The van der Waals surface area contributed by atoms with Crippen molar-refractivity contribution >= 4 is 34.5 Å². The Balaban J connectivity index is 1.45. The lowest BCUT2D eigenvalue weighted by Gasteiger charge is -2.31. The van der Waals surface area contributed by atoms with E-state index in [1.165, 1.54) is 11.8 Å². The van der Waals surface area contributed by atoms with Crippen molar-refractivity contribution in [2.24, 2.45) is 0 Å². The minimum Gasteiger partial charge on any atom is -0.323 e. The number of carbonyl (C=O) groups is 1. The first kappa shape index (κ1) is 19.5. The number of anilines is 1. The molecular weight excluding hydrogens is 386 g/mol. The van der Waals surface area contributed by atoms with Crippen molar-refractivity contribution in [2.75, 3.05) is 11.1 Å². The maximum Gasteiger partial charge on any atom is 0.226 e. The molecule has 8 nitrogen and oxygen atoms in total. The zero-order chi connectivity index (χ0) is 20.4. The number of amides is 1. The number of hydrogen-bond donors (Lipinski definition) is 3. The van der Waals surface area contributed by atoms with Gasteiger partial charge in [-0.15, -0.1) is 0 Å². The van der Waals surface area contributed by atoms with E-state index in [4.69, 9.17) is 0 Å². The molecule has 29 heavy (non-hydrogen) atoms. The van der Waals surface area contributed by atoms with E-state index in [-0.39, 0.29) is 11.9 Å². The van der Waals surface area contributed by atoms with Gasteiger partial charge >= 0.3 is 0 Å². The monoisotopic (exact) mass is 409 g/mol. The fourth-order valence-electron chi connectivity index (χ4n) is 3.28. The third-order valence-corrected chi connectivity index (χ3v) is 5.74. The third kappa shape index (κ3) is 4.63. The predicted molar refractivity (Wildman–Crippen MR) is 114 cm³/mol. The average Bonchev–Trinajstić information content (AvgIpc) is 2.67. The van der Waals surface area contributed by atoms with Gasteiger partial charge < -0.3 is 10.6 Å². The van der Waals surface area contributed by atoms with Crippen molar-refractivity contribution in [3.63, 3.8) is 0 Å². The number of benzene rings is 1. The number of nitrogens with one attached hydrogen (secondary N) is 3. The molecule has 2 atom stereocenters. The summed E-state index contributed by atoms with van der Waals surface area (Å²) in [6.07, 6.45) is 1.70. The van der Waals surface area contributed by atoms with Crippen molar-refractivity contribution < 1.29 is 4.79 Å². The van der Waals surface area contributed by atoms with E-state index in [0.29, 0.717) is 23.3 Å². The van der Waals surface area contributed by atoms with Crippen molar-refractivity contribution in [3.8, 4) is 0 Å². The van der Waals surface area contributed by atoms with Crippen molar-refractivity contribution in [1.82, 2.24) is 30.6 Å². The van der Waals surface area contributed by atoms with E-state index in [2.05, 4.69) is 35.9 Å². The molecule has 4 rings (SSSR count). The minimum atomic E-state index is -0.443. The molecule has 0 bridgehead atoms. The number of hydrogen-bond acceptors (Lipinski definition) is 8. The van der Waals surface area contributed by atoms with Crippen molar-refractivity contribution in [2.45, 2.75) is 44.7 Å². The maximum absolute atomic E-state index is 12.2. The quantitative estimate of drug-likeness (QED) is 0.436. The highest BCUT2D eigenvalue weighted by molar-refractivity contribution is 7.99. The molecule has 1 aliphatic rings. The smallest absolute Gasteiger partial charge is 0.226 e. The van der Waals surface area contributed by atoms with E-state index >= 15 is 0 Å². The molecular formula is C20H23N7OS. The molecule has 9 heteroatoms. The molecule has 3 aromatic rings. The van der Waals surface area contributed by atoms with Crippen molar-refractivity contribution in [1.29, 1.82) is 0 Å². The maximum atomic E-state index is 12.2. The number of thioether (sulfide) groups is 1. The van der Waals surface area contributed by atoms with Crippen LogP contribution >= 0.6 is 11.8 Å². The Kier molecular flexibility index (Phi) is 5.59. The number of aromatic nitrogens is 4. The molecule has 2 aromatic heterocycles. The number of fused-ring (bicyclic) bond motifs is 1. The fraction of sp³-hybridized carbons (Fsp3) is 0.350. The molecule has 1 fully saturated rings. The SMILES string of the molecule is Cc1ccnc(SCC2CC(=O)NC(Nc3nc(C)c4cccc(C)c4n3)N2)n1. The minimum absolute atomic E-state index is 0.0151. The summed E-state index contributed by atoms with van der Waals surface area (Å²) < 4.78 is 0. The molecule has 3 N–H and O–H groups in total. The van der Waals surface area contributed by atoms with E-state index in [1.807, 2.05) is 45.0 Å². The Bertz CT molecular complexity index is 1060. The molecule has 0 saturated carbocycles. The third-order valence-electron chi connectivity index (χ3n) is 4.72. The zero-order valence-electron chi connectivity index (χ0n) is 16.6. The molecule has 2 unspecified atom stereocenters. The van der Waals surface area contributed by atoms with E-state index < -0.39 is 6.29 Å². The van der Waals surface area contributed by atoms with Gasteiger partial charge in [-0.2, -0.15) is 0 Å². The highest BCUT2D eigenvalue weighted by Gasteiger charge is 2.26. The van der Waals surface area contributed by atoms with Gasteiger partial charge in [0, 0.05) is 35.5 Å². The van der Waals surface area contributed by atoms with Crippen LogP contribution in [0, 0.1) is 20.8 Å². The standard InChI is InChI=1S/C20H23N7OS/c1-11-5-4-6-15-13(3)23-18(26-17(11)15)27-19-24-14(9-16(28)25-19)10-29-20-21-8-7-12(2)22-20/h4-8,14,19,24H,9-10H2,1-3H3,(H,25,28)(H,23,26,27). The Hall–Kier alpha value is -2.78. The normalized spacial score (nSPS) is 19.2. The van der Waals surface area contributed by atoms with Crippen LogP contribution in [0.25, 0.3) is 10.9 Å². The lowest BCUT2D eigenvalue weighted by Crippen LogP contribution is -2.60. The van der Waals surface area contributed by atoms with Crippen LogP contribution in [0.15, 0.2) is 35.6 Å². The first-order chi connectivity index (χ1) is 14.0. The first-order valence-electron chi connectivity index (χ1n) is 9.46. The Morgan fingerprint density at radius 3 is 2.86 bits per heavy atom. The number of nitrogens with zero attached hydrogens (tertiary/aromatic N) is 4. The summed E-state index contributed by atoms with van der Waals surface area (Å²) in [5, 5.41) is 11.3. The summed E-state index contributed by atoms with van der Waals surface area (Å²) in [7, 11) is 0. The lowest BCUT2D eigenvalue weighted by molar-refractivity contribution is -0.123. The highest BCUT2D eigenvalue weighted by atomic mass is 32.2. The Morgan fingerprint density at radius 2 is 2.03 bits per heavy atom. The largest absolute Gasteiger partial charge is 0.323 e. The topological polar surface area (TPSA) is 105 Å². The Morgan fingerprint density at radius 1 is 1.17 bits per heavy atom. The van der Waals surface area contributed by atoms with Crippen LogP contribution in [-0.4, -0.2) is 43.9 Å². The van der Waals surface area contributed by atoms with Crippen LogP contribution < -0.4 is 16.0 Å². The summed E-state index contributed by atoms with van der Waals surface area (Å²) in [4.78, 5) is 30.1. The summed E-state index contributed by atoms with van der Waals surface area (Å²) in [5.41, 5.74) is 3.82. The summed E-state index contributed by atoms with van der Waals surface area (Å²) in [5.74, 6) is 1.15. The summed E-state index contributed by atoms with van der Waals surface area (Å²) in [6.45, 7) is 5.92. The summed E-state index contributed by atoms with van der Waals surface area (Å²) in [6, 6.07) is 7.90. The van der Waals surface area contributed by atoms with E-state index in [0.717, 1.165) is 27.9 Å². The second-order valence-corrected chi connectivity index (χ2v) is 8.10. The second kappa shape index (κ2) is 8.30. The number of para-hydroxylation sites is 1. The first-order valence-corrected chi connectivity index (χ1v) is 10.4. The van der Waals surface area contributed by atoms with Crippen LogP contribution in [-0.2, 0) is 4.79 Å². The predicted octanol–water partition coefficient (Wildman–Crippen LogP) is 2.31. The van der Waals surface area contributed by atoms with Crippen LogP contribution in [0.4, 0.5) is 5.95 Å². The molecule has 3 heterocycles. The molecule has 0 radical (unpaired) electrons. The van der Waals surface area contributed by atoms with Crippen LogP contribution in [0.1, 0.15) is 23.4 Å². The van der Waals surface area contributed by atoms with Gasteiger partial charge in [-0.25, -0.2) is 19.9 Å². The van der Waals surface area contributed by atoms with Crippen molar-refractivity contribution in [3.05, 3.63) is 47.4 Å². The summed E-state index contributed by atoms with van der Waals surface area (Å²) >= 11 is 1.53. The molecule has 1 saturated heterocycles. The molecule has 0 aliphatic carbocycles. The van der Waals surface area contributed by atoms with E-state index in [9.17, 15) is 4.79 Å². The van der Waals surface area contributed by atoms with Gasteiger partial charge in [-0.1, -0.05) is 30.0 Å². The molecule has 0 spiro atoms. The van der Waals surface area contributed by atoms with Gasteiger partial charge in [-0.3, -0.25) is 10.1 Å². The van der Waals surface area contributed by atoms with Crippen LogP contribution in [0.3, 0.4) is 0 Å². The second-order valence-electron chi connectivity index (χ2n) is 7.11. The van der Waals surface area contributed by atoms with Gasteiger partial charge in [0.05, 0.1) is 11.2 Å². The molecule has 150 valence electrons. The molecule has 1 aromatic carbocycles. The highest BCUT2D eigenvalue weighted by Crippen LogP contribution is 2.21. The van der Waals surface area contributed by atoms with Gasteiger partial charge in [0.25, 0.3) is 0 Å². The average molecular weight is 410 g/mol. The van der Waals surface area contributed by atoms with Gasteiger partial charge in [0.1, 0.15) is 0 Å². The number of rotatable bonds is 5. The van der Waals surface area contributed by atoms with Crippen LogP contribution in [0.2, 0.25) is 0 Å².